The smallest absolute Gasteiger partial charge is 0.337 e. The highest BCUT2D eigenvalue weighted by Crippen LogP contribution is 2.16. The van der Waals surface area contributed by atoms with Crippen LogP contribution in [0.15, 0.2) is 106 Å². The van der Waals surface area contributed by atoms with E-state index in [0.29, 0.717) is 68.3 Å². The maximum Gasteiger partial charge on any atom is 0.337 e. The highest BCUT2D eigenvalue weighted by atomic mass is 16.5. The molecule has 0 aliphatic heterocycles. The van der Waals surface area contributed by atoms with Gasteiger partial charge in [0.15, 0.2) is 0 Å². The maximum absolute atomic E-state index is 12.0. The Morgan fingerprint density at radius 3 is 2.02 bits per heavy atom. The number of amidine groups is 1. The first-order valence-corrected chi connectivity index (χ1v) is 15.2. The summed E-state index contributed by atoms with van der Waals surface area (Å²) in [6.07, 6.45) is 0.802. The van der Waals surface area contributed by atoms with E-state index < -0.39 is 5.97 Å². The topological polar surface area (TPSA) is 135 Å². The number of benzene rings is 3. The van der Waals surface area contributed by atoms with Gasteiger partial charge < -0.3 is 35.5 Å². The molecular weight excluding hydrogens is 584 g/mol. The molecule has 0 saturated carbocycles. The second-order valence-electron chi connectivity index (χ2n) is 10.1. The molecule has 244 valence electrons. The van der Waals surface area contributed by atoms with Gasteiger partial charge in [-0.15, -0.1) is 0 Å². The summed E-state index contributed by atoms with van der Waals surface area (Å²) in [5.41, 5.74) is 3.78. The van der Waals surface area contributed by atoms with Crippen molar-refractivity contribution in [3.8, 4) is 0 Å². The van der Waals surface area contributed by atoms with Crippen LogP contribution in [0.1, 0.15) is 47.9 Å². The normalized spacial score (nSPS) is 12.2. The SMILES string of the molecule is CC/C(C)=C(/N=C(\NC(C)=NCCOCCOCCNC(=O)c1ccccc1)Nc1ccc(C(=O)OC)cc1)Nc1ccccc1. The van der Waals surface area contributed by atoms with E-state index in [9.17, 15) is 9.59 Å². The molecule has 0 aliphatic carbocycles. The predicted octanol–water partition coefficient (Wildman–Crippen LogP) is 5.47. The fourth-order valence-electron chi connectivity index (χ4n) is 3.94. The molecule has 0 bridgehead atoms. The highest BCUT2D eigenvalue weighted by molar-refractivity contribution is 6.05. The Morgan fingerprint density at radius 1 is 0.739 bits per heavy atom. The van der Waals surface area contributed by atoms with Crippen LogP contribution in [-0.2, 0) is 14.2 Å². The minimum Gasteiger partial charge on any atom is -0.465 e. The zero-order valence-electron chi connectivity index (χ0n) is 27.0. The maximum atomic E-state index is 12.0. The predicted molar refractivity (Wildman–Crippen MR) is 183 cm³/mol. The summed E-state index contributed by atoms with van der Waals surface area (Å²) in [5, 5.41) is 12.8. The molecule has 3 rings (SSSR count). The third-order valence-corrected chi connectivity index (χ3v) is 6.59. The minimum absolute atomic E-state index is 0.123. The molecule has 0 saturated heterocycles. The number of methoxy groups -OCH3 is 1. The van der Waals surface area contributed by atoms with Gasteiger partial charge in [-0.2, -0.15) is 4.99 Å². The zero-order chi connectivity index (χ0) is 33.0. The number of rotatable bonds is 16. The molecule has 3 aromatic carbocycles. The first-order valence-electron chi connectivity index (χ1n) is 15.2. The van der Waals surface area contributed by atoms with Crippen LogP contribution in [-0.4, -0.2) is 70.3 Å². The number of anilines is 2. The van der Waals surface area contributed by atoms with Gasteiger partial charge in [0.25, 0.3) is 5.91 Å². The van der Waals surface area contributed by atoms with Crippen LogP contribution in [0.5, 0.6) is 0 Å². The quantitative estimate of drug-likeness (QED) is 0.0711. The van der Waals surface area contributed by atoms with Crippen LogP contribution < -0.4 is 21.3 Å². The Hall–Kier alpha value is -5.00. The fraction of sp³-hybridized carbons (Fsp3) is 0.314. The molecule has 3 aromatic rings. The van der Waals surface area contributed by atoms with Crippen molar-refractivity contribution in [2.75, 3.05) is 57.3 Å². The van der Waals surface area contributed by atoms with Gasteiger partial charge in [-0.3, -0.25) is 9.79 Å². The Morgan fingerprint density at radius 2 is 1.37 bits per heavy atom. The number of amides is 1. The molecule has 4 N–H and O–H groups in total. The number of para-hydroxylation sites is 1. The average molecular weight is 629 g/mol. The number of hydrogen-bond acceptors (Lipinski definition) is 8. The molecular formula is C35H44N6O5. The summed E-state index contributed by atoms with van der Waals surface area (Å²) in [4.78, 5) is 33.4. The number of allylic oxidation sites excluding steroid dienone is 1. The first-order chi connectivity index (χ1) is 22.4. The highest BCUT2D eigenvalue weighted by Gasteiger charge is 2.09. The van der Waals surface area contributed by atoms with Crippen molar-refractivity contribution in [2.45, 2.75) is 27.2 Å². The van der Waals surface area contributed by atoms with Crippen molar-refractivity contribution in [1.29, 1.82) is 0 Å². The molecule has 1 amide bonds. The number of guanidine groups is 1. The lowest BCUT2D eigenvalue weighted by Gasteiger charge is -2.16. The zero-order valence-corrected chi connectivity index (χ0v) is 27.0. The molecule has 0 atom stereocenters. The van der Waals surface area contributed by atoms with E-state index in [-0.39, 0.29) is 5.91 Å². The van der Waals surface area contributed by atoms with Gasteiger partial charge in [0.05, 0.1) is 51.5 Å². The fourth-order valence-corrected chi connectivity index (χ4v) is 3.94. The Balaban J connectivity index is 1.52. The monoisotopic (exact) mass is 628 g/mol. The van der Waals surface area contributed by atoms with E-state index in [4.69, 9.17) is 19.2 Å². The molecule has 46 heavy (non-hydrogen) atoms. The Bertz CT molecular complexity index is 1460. The molecule has 11 heteroatoms. The molecule has 0 unspecified atom stereocenters. The van der Waals surface area contributed by atoms with Crippen LogP contribution in [0.25, 0.3) is 0 Å². The minimum atomic E-state index is -0.404. The van der Waals surface area contributed by atoms with Crippen molar-refractivity contribution >= 4 is 35.0 Å². The number of ether oxygens (including phenoxy) is 3. The van der Waals surface area contributed by atoms with Crippen molar-refractivity contribution in [3.05, 3.63) is 107 Å². The number of esters is 1. The summed E-state index contributed by atoms with van der Waals surface area (Å²) >= 11 is 0. The molecule has 0 spiro atoms. The lowest BCUT2D eigenvalue weighted by atomic mass is 10.2. The third-order valence-electron chi connectivity index (χ3n) is 6.59. The number of carbonyl (C=O) groups is 2. The molecule has 0 fully saturated rings. The molecule has 0 heterocycles. The van der Waals surface area contributed by atoms with Crippen LogP contribution in [0, 0.1) is 0 Å². The standard InChI is InChI=1S/C35H44N6O5/c1-5-26(2)32(39-30-14-10-7-11-15-30)41-35(40-31-18-16-29(17-19-31)34(43)44-4)38-27(3)36-20-22-45-24-25-46-23-21-37-33(42)28-12-8-6-9-13-28/h6-19,39H,5,20-25H2,1-4H3,(H,37,42)(H2,36,38,40,41)/b32-26+. The second kappa shape index (κ2) is 20.1. The van der Waals surface area contributed by atoms with E-state index in [1.54, 1.807) is 36.4 Å². The number of carbonyl (C=O) groups excluding carboxylic acids is 2. The third kappa shape index (κ3) is 12.9. The van der Waals surface area contributed by atoms with Crippen LogP contribution in [0.3, 0.4) is 0 Å². The van der Waals surface area contributed by atoms with Gasteiger partial charge in [0, 0.05) is 23.5 Å². The second-order valence-corrected chi connectivity index (χ2v) is 10.1. The van der Waals surface area contributed by atoms with Crippen molar-refractivity contribution in [3.63, 3.8) is 0 Å². The summed E-state index contributed by atoms with van der Waals surface area (Å²) in [6, 6.07) is 25.8. The summed E-state index contributed by atoms with van der Waals surface area (Å²) < 4.78 is 16.0. The van der Waals surface area contributed by atoms with Crippen molar-refractivity contribution in [2.24, 2.45) is 9.98 Å². The lowest BCUT2D eigenvalue weighted by Crippen LogP contribution is -2.35. The van der Waals surface area contributed by atoms with E-state index >= 15 is 0 Å². The molecule has 0 radical (unpaired) electrons. The molecule has 11 nitrogen and oxygen atoms in total. The van der Waals surface area contributed by atoms with Crippen molar-refractivity contribution < 1.29 is 23.8 Å². The van der Waals surface area contributed by atoms with Crippen molar-refractivity contribution in [1.82, 2.24) is 10.6 Å². The number of aliphatic imine (C=N–C) groups is 2. The van der Waals surface area contributed by atoms with Crippen LogP contribution in [0.4, 0.5) is 11.4 Å². The van der Waals surface area contributed by atoms with Gasteiger partial charge in [-0.25, -0.2) is 4.79 Å². The van der Waals surface area contributed by atoms with Gasteiger partial charge in [0.1, 0.15) is 5.82 Å². The lowest BCUT2D eigenvalue weighted by molar-refractivity contribution is 0.0512. The summed E-state index contributed by atoms with van der Waals surface area (Å²) in [7, 11) is 1.35. The molecule has 0 aliphatic rings. The van der Waals surface area contributed by atoms with Gasteiger partial charge in [0.2, 0.25) is 5.96 Å². The van der Waals surface area contributed by atoms with E-state index in [0.717, 1.165) is 23.4 Å². The number of nitrogens with one attached hydrogen (secondary N) is 4. The largest absolute Gasteiger partial charge is 0.465 e. The van der Waals surface area contributed by atoms with Gasteiger partial charge in [-0.05, 0) is 74.4 Å². The Kier molecular flexibility index (Phi) is 15.5. The summed E-state index contributed by atoms with van der Waals surface area (Å²) in [6.45, 7) is 8.46. The van der Waals surface area contributed by atoms with Crippen LogP contribution in [0.2, 0.25) is 0 Å². The van der Waals surface area contributed by atoms with Gasteiger partial charge in [-0.1, -0.05) is 43.3 Å². The van der Waals surface area contributed by atoms with E-state index in [1.807, 2.05) is 62.4 Å². The number of nitrogens with zero attached hydrogens (tertiary/aromatic N) is 2. The van der Waals surface area contributed by atoms with Crippen LogP contribution >= 0.6 is 0 Å². The molecule has 0 aromatic heterocycles. The van der Waals surface area contributed by atoms with Gasteiger partial charge >= 0.3 is 5.97 Å². The summed E-state index contributed by atoms with van der Waals surface area (Å²) in [5.74, 6) is 1.26. The van der Waals surface area contributed by atoms with E-state index in [1.165, 1.54) is 7.11 Å². The number of hydrogen-bond donors (Lipinski definition) is 4. The average Bonchev–Trinajstić information content (AvgIpc) is 3.09. The first kappa shape index (κ1) is 35.5. The Labute approximate surface area is 271 Å². The van der Waals surface area contributed by atoms with E-state index in [2.05, 4.69) is 33.2 Å².